The van der Waals surface area contributed by atoms with Gasteiger partial charge in [-0.1, -0.05) is 12.1 Å². The fraction of sp³-hybridized carbons (Fsp3) is 0.429. The molecule has 1 aromatic carbocycles. The summed E-state index contributed by atoms with van der Waals surface area (Å²) in [6, 6.07) is 10.2. The van der Waals surface area contributed by atoms with Gasteiger partial charge in [0.2, 0.25) is 0 Å². The molecule has 9 heteroatoms. The minimum absolute atomic E-state index is 0.101. The second kappa shape index (κ2) is 11.4. The number of nitrogens with zero attached hydrogens (tertiary/aromatic N) is 4. The number of likely N-dealkylation sites (tertiary alicyclic amines) is 1. The minimum atomic E-state index is -0.654. The monoisotopic (exact) mass is 596 g/mol. The highest BCUT2D eigenvalue weighted by Crippen LogP contribution is 2.41. The van der Waals surface area contributed by atoms with Crippen molar-refractivity contribution >= 4 is 23.2 Å². The van der Waals surface area contributed by atoms with Gasteiger partial charge in [0.15, 0.2) is 0 Å². The molecule has 4 aromatic rings. The third-order valence-corrected chi connectivity index (χ3v) is 7.92. The molecule has 1 atom stereocenters. The summed E-state index contributed by atoms with van der Waals surface area (Å²) in [5.41, 5.74) is 6.40. The molecule has 2 aliphatic heterocycles. The highest BCUT2D eigenvalue weighted by atomic mass is 16.6. The summed E-state index contributed by atoms with van der Waals surface area (Å²) < 4.78 is 18.9. The molecule has 2 aliphatic rings. The minimum Gasteiger partial charge on any atom is -0.444 e. The normalized spacial score (nSPS) is 17.0. The molecule has 0 radical (unpaired) electrons. The maximum atomic E-state index is 13.2. The maximum Gasteiger partial charge on any atom is 0.420 e. The topological polar surface area (TPSA) is 95.8 Å². The van der Waals surface area contributed by atoms with Crippen molar-refractivity contribution < 1.29 is 23.8 Å². The number of benzene rings is 1. The number of carbonyl (C=O) groups excluding carboxylic acids is 2. The number of rotatable bonds is 3. The fourth-order valence-corrected chi connectivity index (χ4v) is 6.07. The third-order valence-electron chi connectivity index (χ3n) is 7.92. The van der Waals surface area contributed by atoms with Gasteiger partial charge in [-0.25, -0.2) is 19.1 Å². The van der Waals surface area contributed by atoms with Gasteiger partial charge < -0.3 is 19.1 Å². The van der Waals surface area contributed by atoms with Crippen LogP contribution in [0.3, 0.4) is 0 Å². The number of hydrogen-bond donors (Lipinski definition) is 0. The molecule has 0 saturated carbocycles. The molecule has 0 aliphatic carbocycles. The summed E-state index contributed by atoms with van der Waals surface area (Å²) in [5, 5.41) is 0.820. The van der Waals surface area contributed by atoms with E-state index in [9.17, 15) is 9.59 Å². The lowest BCUT2D eigenvalue weighted by Gasteiger charge is -2.31. The first-order valence-electron chi connectivity index (χ1n) is 15.3. The Balaban J connectivity index is 1.47. The van der Waals surface area contributed by atoms with Crippen LogP contribution in [-0.2, 0) is 27.2 Å². The van der Waals surface area contributed by atoms with Crippen LogP contribution in [0, 0.1) is 0 Å². The summed E-state index contributed by atoms with van der Waals surface area (Å²) in [7, 11) is 0. The first-order chi connectivity index (χ1) is 20.9. The average Bonchev–Trinajstić information content (AvgIpc) is 3.61. The van der Waals surface area contributed by atoms with Crippen molar-refractivity contribution in [1.82, 2.24) is 19.4 Å². The van der Waals surface area contributed by atoms with E-state index >= 15 is 0 Å². The van der Waals surface area contributed by atoms with Gasteiger partial charge in [0.1, 0.15) is 16.8 Å². The molecule has 1 fully saturated rings. The highest BCUT2D eigenvalue weighted by Gasteiger charge is 2.35. The van der Waals surface area contributed by atoms with Crippen molar-refractivity contribution in [2.45, 2.75) is 84.7 Å². The molecule has 0 unspecified atom stereocenters. The van der Waals surface area contributed by atoms with Crippen LogP contribution >= 0.6 is 0 Å². The van der Waals surface area contributed by atoms with Crippen LogP contribution in [0.25, 0.3) is 33.3 Å². The van der Waals surface area contributed by atoms with Gasteiger partial charge in [-0.2, -0.15) is 0 Å². The first kappa shape index (κ1) is 29.8. The summed E-state index contributed by atoms with van der Waals surface area (Å²) in [5.74, 6) is 0. The summed E-state index contributed by atoms with van der Waals surface area (Å²) in [6.07, 6.45) is 8.87. The number of hydrogen-bond acceptors (Lipinski definition) is 7. The predicted molar refractivity (Wildman–Crippen MR) is 168 cm³/mol. The van der Waals surface area contributed by atoms with E-state index in [-0.39, 0.29) is 12.1 Å². The molecule has 3 aromatic heterocycles. The van der Waals surface area contributed by atoms with Crippen molar-refractivity contribution in [3.63, 3.8) is 0 Å². The van der Waals surface area contributed by atoms with Crippen molar-refractivity contribution in [2.24, 2.45) is 0 Å². The molecule has 0 spiro atoms. The molecule has 0 N–H and O–H groups in total. The Bertz CT molecular complexity index is 1720. The van der Waals surface area contributed by atoms with Gasteiger partial charge in [-0.05, 0) is 101 Å². The van der Waals surface area contributed by atoms with E-state index in [0.717, 1.165) is 58.0 Å². The van der Waals surface area contributed by atoms with Crippen LogP contribution in [0.5, 0.6) is 0 Å². The van der Waals surface area contributed by atoms with E-state index in [2.05, 4.69) is 23.2 Å². The molecule has 0 bridgehead atoms. The van der Waals surface area contributed by atoms with Crippen molar-refractivity contribution in [3.05, 3.63) is 71.8 Å². The van der Waals surface area contributed by atoms with Crippen LogP contribution in [0.4, 0.5) is 9.59 Å². The zero-order chi connectivity index (χ0) is 31.2. The van der Waals surface area contributed by atoms with Gasteiger partial charge in [-0.15, -0.1) is 0 Å². The van der Waals surface area contributed by atoms with E-state index in [0.29, 0.717) is 25.4 Å². The quantitative estimate of drug-likeness (QED) is 0.239. The summed E-state index contributed by atoms with van der Waals surface area (Å²) >= 11 is 0. The Labute approximate surface area is 258 Å². The highest BCUT2D eigenvalue weighted by molar-refractivity contribution is 6.00. The van der Waals surface area contributed by atoms with Gasteiger partial charge in [0, 0.05) is 53.4 Å². The molecule has 5 heterocycles. The summed E-state index contributed by atoms with van der Waals surface area (Å²) in [4.78, 5) is 37.5. The summed E-state index contributed by atoms with van der Waals surface area (Å²) in [6.45, 7) is 13.0. The lowest BCUT2D eigenvalue weighted by atomic mass is 9.88. The molecule has 6 rings (SSSR count). The Morgan fingerprint density at radius 3 is 2.45 bits per heavy atom. The maximum absolute atomic E-state index is 13.2. The predicted octanol–water partition coefficient (Wildman–Crippen LogP) is 7.69. The average molecular weight is 597 g/mol. The SMILES string of the molecule is CC(C)(C)OC(=O)N1CCC[C@H]1c1cc(-c2cnc3c(c2)c(-c2cccnc2)cn3C(=O)OC(C)(C)C)cc2c1COCC2. The van der Waals surface area contributed by atoms with Gasteiger partial charge in [0.05, 0.1) is 19.3 Å². The van der Waals surface area contributed by atoms with E-state index in [1.54, 1.807) is 24.8 Å². The fourth-order valence-electron chi connectivity index (χ4n) is 6.07. The Morgan fingerprint density at radius 1 is 0.955 bits per heavy atom. The van der Waals surface area contributed by atoms with Crippen LogP contribution in [0.1, 0.15) is 77.1 Å². The number of pyridine rings is 2. The van der Waals surface area contributed by atoms with Crippen LogP contribution < -0.4 is 0 Å². The zero-order valence-electron chi connectivity index (χ0n) is 26.3. The smallest absolute Gasteiger partial charge is 0.420 e. The van der Waals surface area contributed by atoms with Gasteiger partial charge in [-0.3, -0.25) is 4.98 Å². The Kier molecular flexibility index (Phi) is 7.70. The molecule has 1 amide bonds. The van der Waals surface area contributed by atoms with Crippen molar-refractivity contribution in [1.29, 1.82) is 0 Å². The second-order valence-corrected chi connectivity index (χ2v) is 13.6. The molecule has 44 heavy (non-hydrogen) atoms. The van der Waals surface area contributed by atoms with Gasteiger partial charge in [0.25, 0.3) is 0 Å². The standard InChI is InChI=1S/C35H40N4O5/c1-34(2,3)43-32(40)38-13-8-10-30(38)26-16-24(15-22-11-14-42-21-29(22)26)25-17-27-28(23-9-7-12-36-18-23)20-39(31(27)37-19-25)33(41)44-35(4,5)6/h7,9,12,15-20,30H,8,10-11,13-14,21H2,1-6H3/t30-/m0/s1. The number of amides is 1. The van der Waals surface area contributed by atoms with E-state index in [4.69, 9.17) is 19.2 Å². The molecule has 1 saturated heterocycles. The van der Waals surface area contributed by atoms with Crippen molar-refractivity contribution in [2.75, 3.05) is 13.2 Å². The van der Waals surface area contributed by atoms with E-state index < -0.39 is 17.3 Å². The molecule has 230 valence electrons. The number of ether oxygens (including phenoxy) is 3. The van der Waals surface area contributed by atoms with Crippen LogP contribution in [0.15, 0.2) is 55.1 Å². The van der Waals surface area contributed by atoms with Crippen molar-refractivity contribution in [3.8, 4) is 22.3 Å². The first-order valence-corrected chi connectivity index (χ1v) is 15.3. The second-order valence-electron chi connectivity index (χ2n) is 13.6. The Morgan fingerprint density at radius 2 is 1.73 bits per heavy atom. The van der Waals surface area contributed by atoms with Crippen LogP contribution in [0.2, 0.25) is 0 Å². The van der Waals surface area contributed by atoms with Crippen LogP contribution in [-0.4, -0.2) is 56.0 Å². The lowest BCUT2D eigenvalue weighted by Crippen LogP contribution is -2.36. The number of fused-ring (bicyclic) bond motifs is 2. The number of carbonyl (C=O) groups is 2. The van der Waals surface area contributed by atoms with E-state index in [1.165, 1.54) is 10.1 Å². The number of aromatic nitrogens is 3. The third kappa shape index (κ3) is 6.06. The zero-order valence-corrected chi connectivity index (χ0v) is 26.3. The van der Waals surface area contributed by atoms with E-state index in [1.807, 2.05) is 58.6 Å². The largest absolute Gasteiger partial charge is 0.444 e. The molecular formula is C35H40N4O5. The molecular weight excluding hydrogens is 556 g/mol. The Hall–Kier alpha value is -4.24. The lowest BCUT2D eigenvalue weighted by molar-refractivity contribution is 0.0220. The van der Waals surface area contributed by atoms with Gasteiger partial charge >= 0.3 is 12.2 Å². The molecule has 9 nitrogen and oxygen atoms in total.